The normalized spacial score (nSPS) is 13.5. The molecule has 7 heteroatoms. The van der Waals surface area contributed by atoms with Crippen LogP contribution in [0.5, 0.6) is 5.75 Å². The van der Waals surface area contributed by atoms with E-state index in [4.69, 9.17) is 16.3 Å². The van der Waals surface area contributed by atoms with Crippen LogP contribution in [-0.4, -0.2) is 9.97 Å². The number of aromatic amines is 1. The van der Waals surface area contributed by atoms with Crippen molar-refractivity contribution >= 4 is 49.1 Å². The van der Waals surface area contributed by atoms with Crippen LogP contribution in [0.1, 0.15) is 22.7 Å². The number of nitrogens with zero attached hydrogens (tertiary/aromatic N) is 1. The van der Waals surface area contributed by atoms with E-state index in [0.29, 0.717) is 16.6 Å². The van der Waals surface area contributed by atoms with Crippen molar-refractivity contribution in [2.75, 3.05) is 0 Å². The molecule has 118 valence electrons. The van der Waals surface area contributed by atoms with Crippen LogP contribution >= 0.6 is 38.9 Å². The third-order valence-electron chi connectivity index (χ3n) is 3.88. The molecule has 0 spiro atoms. The van der Waals surface area contributed by atoms with E-state index in [1.54, 1.807) is 23.5 Å². The predicted octanol–water partition coefficient (Wildman–Crippen LogP) is 4.47. The average molecular weight is 412 g/mol. The van der Waals surface area contributed by atoms with Crippen molar-refractivity contribution < 1.29 is 4.74 Å². The quantitative estimate of drug-likeness (QED) is 0.692. The van der Waals surface area contributed by atoms with E-state index < -0.39 is 0 Å². The molecule has 4 nitrogen and oxygen atoms in total. The fourth-order valence-electron chi connectivity index (χ4n) is 2.85. The lowest BCUT2D eigenvalue weighted by Crippen LogP contribution is -2.13. The first-order valence-electron chi connectivity index (χ1n) is 7.23. The zero-order valence-corrected chi connectivity index (χ0v) is 15.1. The van der Waals surface area contributed by atoms with Crippen LogP contribution in [0.2, 0.25) is 5.02 Å². The summed E-state index contributed by atoms with van der Waals surface area (Å²) in [6.45, 7) is 0.176. The Hall–Kier alpha value is -1.37. The van der Waals surface area contributed by atoms with Gasteiger partial charge in [0.05, 0.1) is 10.4 Å². The van der Waals surface area contributed by atoms with Crippen LogP contribution in [-0.2, 0) is 19.4 Å². The second kappa shape index (κ2) is 5.92. The van der Waals surface area contributed by atoms with Crippen LogP contribution in [0, 0.1) is 0 Å². The van der Waals surface area contributed by atoms with Gasteiger partial charge in [-0.05, 0) is 43.0 Å². The number of thiophene rings is 1. The number of aryl methyl sites for hydroxylation is 2. The molecule has 0 saturated carbocycles. The Labute approximate surface area is 149 Å². The van der Waals surface area contributed by atoms with Gasteiger partial charge in [0, 0.05) is 9.35 Å². The van der Waals surface area contributed by atoms with Crippen LogP contribution in [0.3, 0.4) is 0 Å². The van der Waals surface area contributed by atoms with Crippen molar-refractivity contribution in [1.29, 1.82) is 0 Å². The molecule has 1 N–H and O–H groups in total. The Morgan fingerprint density at radius 2 is 2.26 bits per heavy atom. The third-order valence-corrected chi connectivity index (χ3v) is 5.86. The van der Waals surface area contributed by atoms with E-state index in [9.17, 15) is 4.79 Å². The zero-order chi connectivity index (χ0) is 16.0. The van der Waals surface area contributed by atoms with Crippen LogP contribution < -0.4 is 10.3 Å². The minimum atomic E-state index is -0.0742. The fraction of sp³-hybridized carbons (Fsp3) is 0.250. The minimum Gasteiger partial charge on any atom is -0.484 e. The topological polar surface area (TPSA) is 55.0 Å². The van der Waals surface area contributed by atoms with Crippen molar-refractivity contribution in [3.8, 4) is 5.75 Å². The summed E-state index contributed by atoms with van der Waals surface area (Å²) in [6, 6.07) is 5.40. The Kier molecular flexibility index (Phi) is 3.91. The number of hydrogen-bond donors (Lipinski definition) is 1. The van der Waals surface area contributed by atoms with Gasteiger partial charge >= 0.3 is 0 Å². The maximum Gasteiger partial charge on any atom is 0.260 e. The summed E-state index contributed by atoms with van der Waals surface area (Å²) in [4.78, 5) is 21.8. The number of H-pyrrole nitrogens is 1. The van der Waals surface area contributed by atoms with Gasteiger partial charge in [-0.1, -0.05) is 27.5 Å². The summed E-state index contributed by atoms with van der Waals surface area (Å²) in [6.07, 6.45) is 3.16. The lowest BCUT2D eigenvalue weighted by Gasteiger charge is -2.08. The Balaban J connectivity index is 1.64. The predicted molar refractivity (Wildman–Crippen MR) is 95.7 cm³/mol. The fourth-order valence-corrected chi connectivity index (χ4v) is 4.86. The lowest BCUT2D eigenvalue weighted by molar-refractivity contribution is 0.296. The second-order valence-electron chi connectivity index (χ2n) is 5.41. The lowest BCUT2D eigenvalue weighted by atomic mass is 10.2. The zero-order valence-electron chi connectivity index (χ0n) is 12.0. The van der Waals surface area contributed by atoms with Crippen molar-refractivity contribution in [1.82, 2.24) is 9.97 Å². The molecule has 1 aliphatic rings. The molecule has 0 radical (unpaired) electrons. The van der Waals surface area contributed by atoms with E-state index in [2.05, 4.69) is 25.9 Å². The van der Waals surface area contributed by atoms with Crippen molar-refractivity contribution in [3.05, 3.63) is 54.3 Å². The van der Waals surface area contributed by atoms with E-state index >= 15 is 0 Å². The standard InChI is InChI=1S/C16H12BrClN2O2S/c17-8-4-5-11(10(18)6-8)22-7-13-19-15(21)14-9-2-1-3-12(9)23-16(14)20-13/h4-6H,1-3,7H2,(H,19,20,21). The van der Waals surface area contributed by atoms with Gasteiger partial charge in [-0.25, -0.2) is 4.98 Å². The Morgan fingerprint density at radius 1 is 1.39 bits per heavy atom. The highest BCUT2D eigenvalue weighted by Crippen LogP contribution is 2.34. The number of nitrogens with one attached hydrogen (secondary N) is 1. The molecule has 0 amide bonds. The van der Waals surface area contributed by atoms with E-state index in [-0.39, 0.29) is 12.2 Å². The van der Waals surface area contributed by atoms with Gasteiger partial charge in [0.2, 0.25) is 0 Å². The molecule has 2 heterocycles. The Morgan fingerprint density at radius 3 is 3.09 bits per heavy atom. The smallest absolute Gasteiger partial charge is 0.260 e. The SMILES string of the molecule is O=c1[nH]c(COc2ccc(Br)cc2Cl)nc2sc3c(c12)CCC3. The van der Waals surface area contributed by atoms with Gasteiger partial charge in [-0.2, -0.15) is 0 Å². The number of hydrogen-bond acceptors (Lipinski definition) is 4. The van der Waals surface area contributed by atoms with Crippen molar-refractivity contribution in [2.24, 2.45) is 0 Å². The van der Waals surface area contributed by atoms with E-state index in [1.807, 2.05) is 6.07 Å². The molecule has 3 aromatic rings. The monoisotopic (exact) mass is 410 g/mol. The molecular formula is C16H12BrClN2O2S. The minimum absolute atomic E-state index is 0.0742. The first kappa shape index (κ1) is 15.2. The molecule has 23 heavy (non-hydrogen) atoms. The number of aromatic nitrogens is 2. The second-order valence-corrected chi connectivity index (χ2v) is 7.82. The molecule has 0 bridgehead atoms. The maximum absolute atomic E-state index is 12.4. The van der Waals surface area contributed by atoms with E-state index in [1.165, 1.54) is 10.4 Å². The molecule has 0 atom stereocenters. The summed E-state index contributed by atoms with van der Waals surface area (Å²) in [5.41, 5.74) is 1.11. The molecule has 2 aromatic heterocycles. The first-order chi connectivity index (χ1) is 11.1. The summed E-state index contributed by atoms with van der Waals surface area (Å²) >= 11 is 11.1. The number of ether oxygens (including phenoxy) is 1. The van der Waals surface area contributed by atoms with Gasteiger partial charge in [0.25, 0.3) is 5.56 Å². The summed E-state index contributed by atoms with van der Waals surface area (Å²) in [5.74, 6) is 1.08. The highest BCUT2D eigenvalue weighted by molar-refractivity contribution is 9.10. The Bertz CT molecular complexity index is 967. The molecule has 1 aliphatic carbocycles. The van der Waals surface area contributed by atoms with E-state index in [0.717, 1.165) is 34.0 Å². The van der Waals surface area contributed by atoms with Crippen molar-refractivity contribution in [3.63, 3.8) is 0 Å². The highest BCUT2D eigenvalue weighted by Gasteiger charge is 2.21. The summed E-state index contributed by atoms with van der Waals surface area (Å²) < 4.78 is 6.56. The van der Waals surface area contributed by atoms with Gasteiger partial charge in [-0.15, -0.1) is 11.3 Å². The highest BCUT2D eigenvalue weighted by atomic mass is 79.9. The van der Waals surface area contributed by atoms with Crippen LogP contribution in [0.15, 0.2) is 27.5 Å². The van der Waals surface area contributed by atoms with Gasteiger partial charge < -0.3 is 9.72 Å². The molecule has 4 rings (SSSR count). The number of halogens is 2. The summed E-state index contributed by atoms with van der Waals surface area (Å²) in [7, 11) is 0. The molecule has 0 fully saturated rings. The largest absolute Gasteiger partial charge is 0.484 e. The average Bonchev–Trinajstić information content (AvgIpc) is 3.06. The van der Waals surface area contributed by atoms with Crippen LogP contribution in [0.4, 0.5) is 0 Å². The first-order valence-corrected chi connectivity index (χ1v) is 9.22. The number of fused-ring (bicyclic) bond motifs is 3. The van der Waals surface area contributed by atoms with Gasteiger partial charge in [0.1, 0.15) is 23.0 Å². The number of rotatable bonds is 3. The molecule has 1 aromatic carbocycles. The van der Waals surface area contributed by atoms with Crippen LogP contribution in [0.25, 0.3) is 10.2 Å². The molecule has 0 saturated heterocycles. The maximum atomic E-state index is 12.4. The third kappa shape index (κ3) is 2.79. The molecular weight excluding hydrogens is 400 g/mol. The number of benzene rings is 1. The molecule has 0 aliphatic heterocycles. The van der Waals surface area contributed by atoms with Gasteiger partial charge in [-0.3, -0.25) is 4.79 Å². The summed E-state index contributed by atoms with van der Waals surface area (Å²) in [5, 5.41) is 1.27. The van der Waals surface area contributed by atoms with Crippen molar-refractivity contribution in [2.45, 2.75) is 25.9 Å². The van der Waals surface area contributed by atoms with Gasteiger partial charge in [0.15, 0.2) is 0 Å². The molecule has 0 unspecified atom stereocenters.